The minimum absolute atomic E-state index is 0.665. The predicted octanol–water partition coefficient (Wildman–Crippen LogP) is 3.18. The number of benzene rings is 2. The predicted molar refractivity (Wildman–Crippen MR) is 112 cm³/mol. The maximum atomic E-state index is 11.9. The smallest absolute Gasteiger partial charge is 0.125 e. The van der Waals surface area contributed by atoms with Crippen molar-refractivity contribution < 1.29 is 19.5 Å². The molecule has 0 aromatic heterocycles. The first kappa shape index (κ1) is 20.7. The molecule has 2 aromatic carbocycles. The lowest BCUT2D eigenvalue weighted by molar-refractivity contribution is -0.905. The Bertz CT molecular complexity index is 725. The van der Waals surface area contributed by atoms with Crippen LogP contribution in [0.5, 0.6) is 11.5 Å². The van der Waals surface area contributed by atoms with E-state index in [4.69, 9.17) is 9.47 Å². The fraction of sp³-hybridized carbons (Fsp3) is 0.500. The topological polar surface area (TPSA) is 43.1 Å². The molecule has 0 bridgehead atoms. The van der Waals surface area contributed by atoms with Gasteiger partial charge in [0, 0.05) is 12.0 Å². The molecule has 0 aliphatic carbocycles. The van der Waals surface area contributed by atoms with Gasteiger partial charge in [0.15, 0.2) is 0 Å². The zero-order valence-electron chi connectivity index (χ0n) is 17.2. The van der Waals surface area contributed by atoms with Crippen LogP contribution in [0.15, 0.2) is 48.5 Å². The molecule has 1 aliphatic rings. The summed E-state index contributed by atoms with van der Waals surface area (Å²) in [6, 6.07) is 15.7. The number of methoxy groups -OCH3 is 1. The molecule has 4 nitrogen and oxygen atoms in total. The Hall–Kier alpha value is -2.04. The van der Waals surface area contributed by atoms with Gasteiger partial charge in [0.1, 0.15) is 17.1 Å². The number of para-hydroxylation sites is 1. The third kappa shape index (κ3) is 4.86. The van der Waals surface area contributed by atoms with Crippen LogP contribution in [-0.2, 0) is 5.60 Å². The Morgan fingerprint density at radius 2 is 1.71 bits per heavy atom. The summed E-state index contributed by atoms with van der Waals surface area (Å²) in [5.41, 5.74) is 0.633. The van der Waals surface area contributed by atoms with E-state index in [0.29, 0.717) is 13.0 Å². The molecular formula is C24H34NO3+. The number of piperidine rings is 1. The van der Waals surface area contributed by atoms with E-state index in [9.17, 15) is 5.11 Å². The van der Waals surface area contributed by atoms with Gasteiger partial charge in [-0.25, -0.2) is 0 Å². The Kier molecular flexibility index (Phi) is 7.35. The molecule has 2 aromatic rings. The van der Waals surface area contributed by atoms with Crippen molar-refractivity contribution in [3.63, 3.8) is 0 Å². The SMILES string of the molecule is CCCOc1ccc([C@@](O)(CC[NH+]2CCCCC2)c2ccccc2OC)cc1. The van der Waals surface area contributed by atoms with Crippen LogP contribution in [-0.4, -0.2) is 38.5 Å². The van der Waals surface area contributed by atoms with Gasteiger partial charge in [-0.2, -0.15) is 0 Å². The van der Waals surface area contributed by atoms with E-state index in [2.05, 4.69) is 6.92 Å². The average Bonchev–Trinajstić information content (AvgIpc) is 2.77. The second kappa shape index (κ2) is 9.94. The van der Waals surface area contributed by atoms with Gasteiger partial charge in [-0.05, 0) is 49.4 Å². The van der Waals surface area contributed by atoms with E-state index in [-0.39, 0.29) is 0 Å². The molecule has 0 radical (unpaired) electrons. The molecule has 0 saturated carbocycles. The number of aliphatic hydroxyl groups is 1. The summed E-state index contributed by atoms with van der Waals surface area (Å²) in [5, 5.41) is 11.9. The highest BCUT2D eigenvalue weighted by Crippen LogP contribution is 2.38. The quantitative estimate of drug-likeness (QED) is 0.698. The van der Waals surface area contributed by atoms with Gasteiger partial charge in [-0.1, -0.05) is 37.3 Å². The number of nitrogens with one attached hydrogen (secondary N) is 1. The standard InChI is InChI=1S/C24H33NO3/c1-3-19-28-21-13-11-20(12-14-21)24(26,15-18-25-16-7-4-8-17-25)22-9-5-6-10-23(22)27-2/h5-6,9-14,26H,3-4,7-8,15-19H2,1-2H3/p+1/t24-/m0/s1. The molecule has 0 amide bonds. The summed E-state index contributed by atoms with van der Waals surface area (Å²) in [7, 11) is 1.66. The Balaban J connectivity index is 1.89. The van der Waals surface area contributed by atoms with Crippen LogP contribution in [0, 0.1) is 0 Å². The number of hydrogen-bond donors (Lipinski definition) is 2. The van der Waals surface area contributed by atoms with E-state index >= 15 is 0 Å². The summed E-state index contributed by atoms with van der Waals surface area (Å²) >= 11 is 0. The number of quaternary nitrogens is 1. The molecule has 28 heavy (non-hydrogen) atoms. The van der Waals surface area contributed by atoms with Gasteiger partial charge in [-0.3, -0.25) is 0 Å². The zero-order chi connectivity index (χ0) is 19.8. The van der Waals surface area contributed by atoms with Gasteiger partial charge < -0.3 is 19.5 Å². The minimum Gasteiger partial charge on any atom is -0.496 e. The normalized spacial score (nSPS) is 17.1. The molecule has 0 unspecified atom stereocenters. The van der Waals surface area contributed by atoms with Crippen LogP contribution in [0.25, 0.3) is 0 Å². The van der Waals surface area contributed by atoms with E-state index in [0.717, 1.165) is 35.6 Å². The summed E-state index contributed by atoms with van der Waals surface area (Å²) in [6.45, 7) is 6.15. The van der Waals surface area contributed by atoms with E-state index in [1.807, 2.05) is 48.5 Å². The molecule has 2 N–H and O–H groups in total. The molecule has 1 aliphatic heterocycles. The lowest BCUT2D eigenvalue weighted by Crippen LogP contribution is -3.13. The van der Waals surface area contributed by atoms with Crippen molar-refractivity contribution in [3.05, 3.63) is 59.7 Å². The monoisotopic (exact) mass is 384 g/mol. The lowest BCUT2D eigenvalue weighted by atomic mass is 9.82. The van der Waals surface area contributed by atoms with Crippen LogP contribution in [0.1, 0.15) is 50.2 Å². The fourth-order valence-electron chi connectivity index (χ4n) is 4.13. The van der Waals surface area contributed by atoms with E-state index < -0.39 is 5.60 Å². The maximum absolute atomic E-state index is 11.9. The molecule has 1 saturated heterocycles. The summed E-state index contributed by atoms with van der Waals surface area (Å²) < 4.78 is 11.3. The maximum Gasteiger partial charge on any atom is 0.125 e. The van der Waals surface area contributed by atoms with Gasteiger partial charge in [0.05, 0.1) is 33.4 Å². The molecule has 1 fully saturated rings. The number of hydrogen-bond acceptors (Lipinski definition) is 3. The average molecular weight is 385 g/mol. The highest BCUT2D eigenvalue weighted by Gasteiger charge is 2.35. The first-order chi connectivity index (χ1) is 13.7. The third-order valence-electron chi connectivity index (χ3n) is 5.76. The number of rotatable bonds is 9. The Morgan fingerprint density at radius 3 is 2.39 bits per heavy atom. The van der Waals surface area contributed by atoms with Crippen molar-refractivity contribution in [2.75, 3.05) is 33.4 Å². The minimum atomic E-state index is -1.08. The van der Waals surface area contributed by atoms with Crippen LogP contribution in [0.3, 0.4) is 0 Å². The molecule has 152 valence electrons. The molecule has 3 rings (SSSR count). The summed E-state index contributed by atoms with van der Waals surface area (Å²) in [4.78, 5) is 1.59. The van der Waals surface area contributed by atoms with Crippen molar-refractivity contribution >= 4 is 0 Å². The third-order valence-corrected chi connectivity index (χ3v) is 5.76. The molecule has 4 heteroatoms. The Labute approximate surface area is 169 Å². The van der Waals surface area contributed by atoms with Crippen LogP contribution in [0.4, 0.5) is 0 Å². The van der Waals surface area contributed by atoms with Crippen molar-refractivity contribution in [1.29, 1.82) is 0 Å². The zero-order valence-corrected chi connectivity index (χ0v) is 17.2. The van der Waals surface area contributed by atoms with Crippen molar-refractivity contribution in [3.8, 4) is 11.5 Å². The Morgan fingerprint density at radius 1 is 1.00 bits per heavy atom. The largest absolute Gasteiger partial charge is 0.496 e. The van der Waals surface area contributed by atoms with Crippen molar-refractivity contribution in [2.24, 2.45) is 0 Å². The molecule has 1 atom stereocenters. The van der Waals surface area contributed by atoms with Crippen LogP contribution < -0.4 is 14.4 Å². The fourth-order valence-corrected chi connectivity index (χ4v) is 4.13. The second-order valence-electron chi connectivity index (χ2n) is 7.74. The molecule has 1 heterocycles. The first-order valence-electron chi connectivity index (χ1n) is 10.6. The van der Waals surface area contributed by atoms with Gasteiger partial charge in [0.25, 0.3) is 0 Å². The molecule has 0 spiro atoms. The van der Waals surface area contributed by atoms with Crippen LogP contribution in [0.2, 0.25) is 0 Å². The van der Waals surface area contributed by atoms with Crippen molar-refractivity contribution in [2.45, 2.75) is 44.6 Å². The van der Waals surface area contributed by atoms with E-state index in [1.165, 1.54) is 32.4 Å². The van der Waals surface area contributed by atoms with Gasteiger partial charge in [0.2, 0.25) is 0 Å². The van der Waals surface area contributed by atoms with E-state index in [1.54, 1.807) is 12.0 Å². The first-order valence-corrected chi connectivity index (χ1v) is 10.6. The highest BCUT2D eigenvalue weighted by atomic mass is 16.5. The number of likely N-dealkylation sites (tertiary alicyclic amines) is 1. The summed E-state index contributed by atoms with van der Waals surface area (Å²) in [5.74, 6) is 1.57. The second-order valence-corrected chi connectivity index (χ2v) is 7.74. The van der Waals surface area contributed by atoms with Crippen molar-refractivity contribution in [1.82, 2.24) is 0 Å². The van der Waals surface area contributed by atoms with Gasteiger partial charge in [-0.15, -0.1) is 0 Å². The summed E-state index contributed by atoms with van der Waals surface area (Å²) in [6.07, 6.45) is 5.54. The van der Waals surface area contributed by atoms with Gasteiger partial charge >= 0.3 is 0 Å². The molecular weight excluding hydrogens is 350 g/mol. The van der Waals surface area contributed by atoms with Crippen LogP contribution >= 0.6 is 0 Å². The lowest BCUT2D eigenvalue weighted by Gasteiger charge is -2.33. The number of ether oxygens (including phenoxy) is 2. The highest BCUT2D eigenvalue weighted by molar-refractivity contribution is 5.45.